The van der Waals surface area contributed by atoms with Gasteiger partial charge in [-0.25, -0.2) is 12.7 Å². The van der Waals surface area contributed by atoms with Gasteiger partial charge in [0.15, 0.2) is 0 Å². The molecule has 0 unspecified atom stereocenters. The molecule has 0 aliphatic carbocycles. The second-order valence-corrected chi connectivity index (χ2v) is 5.68. The summed E-state index contributed by atoms with van der Waals surface area (Å²) in [4.78, 5) is 10.2. The third-order valence-corrected chi connectivity index (χ3v) is 4.03. The number of aliphatic carboxylic acids is 1. The van der Waals surface area contributed by atoms with E-state index in [-0.39, 0.29) is 18.7 Å². The van der Waals surface area contributed by atoms with Crippen LogP contribution < -0.4 is 0 Å². The summed E-state index contributed by atoms with van der Waals surface area (Å²) in [6.45, 7) is 2.21. The quantitative estimate of drug-likeness (QED) is 0.681. The molecule has 1 N–H and O–H groups in total. The lowest BCUT2D eigenvalue weighted by molar-refractivity contribution is -0.137. The van der Waals surface area contributed by atoms with Gasteiger partial charge in [0.2, 0.25) is 10.0 Å². The first-order valence-electron chi connectivity index (χ1n) is 5.06. The lowest BCUT2D eigenvalue weighted by Crippen LogP contribution is -2.30. The summed E-state index contributed by atoms with van der Waals surface area (Å²) in [6.07, 6.45) is 1.85. The molecule has 0 aromatic heterocycles. The monoisotopic (exact) mass is 237 g/mol. The van der Waals surface area contributed by atoms with Crippen LogP contribution in [0.25, 0.3) is 0 Å². The lowest BCUT2D eigenvalue weighted by Gasteiger charge is -2.16. The summed E-state index contributed by atoms with van der Waals surface area (Å²) < 4.78 is 24.3. The van der Waals surface area contributed by atoms with Crippen LogP contribution in [0.3, 0.4) is 0 Å². The van der Waals surface area contributed by atoms with Gasteiger partial charge in [-0.3, -0.25) is 4.79 Å². The van der Waals surface area contributed by atoms with Gasteiger partial charge in [-0.1, -0.05) is 13.3 Å². The summed E-state index contributed by atoms with van der Waals surface area (Å²) in [5, 5.41) is 8.40. The van der Waals surface area contributed by atoms with Crippen LogP contribution in [-0.2, 0) is 14.8 Å². The van der Waals surface area contributed by atoms with Gasteiger partial charge in [-0.05, 0) is 12.8 Å². The van der Waals surface area contributed by atoms with E-state index in [1.165, 1.54) is 11.4 Å². The molecule has 0 bridgehead atoms. The van der Waals surface area contributed by atoms with Crippen molar-refractivity contribution in [1.82, 2.24) is 4.31 Å². The Hall–Kier alpha value is -0.620. The molecule has 0 aliphatic rings. The van der Waals surface area contributed by atoms with Crippen molar-refractivity contribution >= 4 is 16.0 Å². The SMILES string of the molecule is CCCCS(=O)(=O)N(C)CCCC(=O)O. The fourth-order valence-corrected chi connectivity index (χ4v) is 2.45. The van der Waals surface area contributed by atoms with Crippen LogP contribution in [0.15, 0.2) is 0 Å². The number of sulfonamides is 1. The van der Waals surface area contributed by atoms with Gasteiger partial charge in [-0.15, -0.1) is 0 Å². The zero-order chi connectivity index (χ0) is 11.9. The predicted molar refractivity (Wildman–Crippen MR) is 58.2 cm³/mol. The number of carboxylic acids is 1. The van der Waals surface area contributed by atoms with Gasteiger partial charge >= 0.3 is 5.97 Å². The first kappa shape index (κ1) is 14.4. The highest BCUT2D eigenvalue weighted by atomic mass is 32.2. The van der Waals surface area contributed by atoms with E-state index in [0.29, 0.717) is 12.8 Å². The normalized spacial score (nSPS) is 11.9. The first-order chi connectivity index (χ1) is 6.90. The number of rotatable bonds is 8. The van der Waals surface area contributed by atoms with E-state index in [9.17, 15) is 13.2 Å². The fraction of sp³-hybridized carbons (Fsp3) is 0.889. The topological polar surface area (TPSA) is 74.7 Å². The van der Waals surface area contributed by atoms with Gasteiger partial charge in [0.05, 0.1) is 5.75 Å². The van der Waals surface area contributed by atoms with Gasteiger partial charge in [-0.2, -0.15) is 0 Å². The zero-order valence-electron chi connectivity index (χ0n) is 9.27. The predicted octanol–water partition coefficient (Wildman–Crippen LogP) is 0.913. The van der Waals surface area contributed by atoms with Crippen LogP contribution in [-0.4, -0.2) is 43.1 Å². The van der Waals surface area contributed by atoms with Crippen LogP contribution in [0.2, 0.25) is 0 Å². The smallest absolute Gasteiger partial charge is 0.303 e. The van der Waals surface area contributed by atoms with Gasteiger partial charge in [0, 0.05) is 20.0 Å². The van der Waals surface area contributed by atoms with Crippen LogP contribution >= 0.6 is 0 Å². The average Bonchev–Trinajstić information content (AvgIpc) is 2.14. The van der Waals surface area contributed by atoms with E-state index >= 15 is 0 Å². The van der Waals surface area contributed by atoms with Gasteiger partial charge < -0.3 is 5.11 Å². The van der Waals surface area contributed by atoms with Crippen molar-refractivity contribution < 1.29 is 18.3 Å². The molecule has 0 spiro atoms. The van der Waals surface area contributed by atoms with E-state index in [4.69, 9.17) is 5.11 Å². The Morgan fingerprint density at radius 2 is 1.93 bits per heavy atom. The van der Waals surface area contributed by atoms with Crippen molar-refractivity contribution in [3.8, 4) is 0 Å². The molecule has 0 amide bonds. The molecule has 0 atom stereocenters. The van der Waals surface area contributed by atoms with Crippen molar-refractivity contribution in [2.45, 2.75) is 32.6 Å². The molecule has 0 heterocycles. The highest BCUT2D eigenvalue weighted by molar-refractivity contribution is 7.89. The summed E-state index contributed by atoms with van der Waals surface area (Å²) in [5.74, 6) is -0.748. The Kier molecular flexibility index (Phi) is 6.51. The van der Waals surface area contributed by atoms with E-state index in [1.807, 2.05) is 6.92 Å². The Labute approximate surface area is 91.1 Å². The average molecular weight is 237 g/mol. The summed E-state index contributed by atoms with van der Waals surface area (Å²) in [5.41, 5.74) is 0. The summed E-state index contributed by atoms with van der Waals surface area (Å²) >= 11 is 0. The van der Waals surface area contributed by atoms with Crippen molar-refractivity contribution in [2.24, 2.45) is 0 Å². The van der Waals surface area contributed by atoms with Crippen molar-refractivity contribution in [1.29, 1.82) is 0 Å². The maximum atomic E-state index is 11.5. The van der Waals surface area contributed by atoms with Crippen LogP contribution in [0.1, 0.15) is 32.6 Å². The number of carboxylic acid groups (broad SMARTS) is 1. The second-order valence-electron chi connectivity index (χ2n) is 3.49. The molecule has 0 aromatic rings. The zero-order valence-corrected chi connectivity index (χ0v) is 10.1. The summed E-state index contributed by atoms with van der Waals surface area (Å²) in [6, 6.07) is 0. The van der Waals surface area contributed by atoms with Gasteiger partial charge in [0.1, 0.15) is 0 Å². The molecular weight excluding hydrogens is 218 g/mol. The van der Waals surface area contributed by atoms with Crippen molar-refractivity contribution in [3.63, 3.8) is 0 Å². The number of unbranched alkanes of at least 4 members (excludes halogenated alkanes) is 1. The molecule has 0 aliphatic heterocycles. The van der Waals surface area contributed by atoms with E-state index in [0.717, 1.165) is 6.42 Å². The number of hydrogen-bond acceptors (Lipinski definition) is 3. The van der Waals surface area contributed by atoms with Crippen LogP contribution in [0, 0.1) is 0 Å². The third-order valence-electron chi connectivity index (χ3n) is 2.09. The Balaban J connectivity index is 3.96. The van der Waals surface area contributed by atoms with E-state index < -0.39 is 16.0 Å². The minimum Gasteiger partial charge on any atom is -0.481 e. The Morgan fingerprint density at radius 1 is 1.33 bits per heavy atom. The molecular formula is C9H19NO4S. The second kappa shape index (κ2) is 6.79. The molecule has 5 nitrogen and oxygen atoms in total. The minimum absolute atomic E-state index is 0.00758. The maximum Gasteiger partial charge on any atom is 0.303 e. The fourth-order valence-electron chi connectivity index (χ4n) is 1.07. The molecule has 6 heteroatoms. The largest absolute Gasteiger partial charge is 0.481 e. The Morgan fingerprint density at radius 3 is 2.40 bits per heavy atom. The maximum absolute atomic E-state index is 11.5. The van der Waals surface area contributed by atoms with Gasteiger partial charge in [0.25, 0.3) is 0 Å². The third kappa shape index (κ3) is 6.46. The molecule has 0 aromatic carbocycles. The molecule has 0 saturated carbocycles. The number of hydrogen-bond donors (Lipinski definition) is 1. The number of carbonyl (C=O) groups is 1. The molecule has 0 fully saturated rings. The highest BCUT2D eigenvalue weighted by Crippen LogP contribution is 2.04. The summed E-state index contributed by atoms with van der Waals surface area (Å²) in [7, 11) is -1.69. The molecule has 0 radical (unpaired) electrons. The molecule has 0 rings (SSSR count). The van der Waals surface area contributed by atoms with Crippen LogP contribution in [0.5, 0.6) is 0 Å². The highest BCUT2D eigenvalue weighted by Gasteiger charge is 2.16. The minimum atomic E-state index is -3.18. The van der Waals surface area contributed by atoms with E-state index in [1.54, 1.807) is 0 Å². The standard InChI is InChI=1S/C9H19NO4S/c1-3-4-8-15(13,14)10(2)7-5-6-9(11)12/h3-8H2,1-2H3,(H,11,12). The van der Waals surface area contributed by atoms with Crippen LogP contribution in [0.4, 0.5) is 0 Å². The molecule has 90 valence electrons. The lowest BCUT2D eigenvalue weighted by atomic mass is 10.3. The molecule has 15 heavy (non-hydrogen) atoms. The van der Waals surface area contributed by atoms with Crippen molar-refractivity contribution in [2.75, 3.05) is 19.3 Å². The van der Waals surface area contributed by atoms with Crippen molar-refractivity contribution in [3.05, 3.63) is 0 Å². The Bertz CT molecular complexity index is 286. The first-order valence-corrected chi connectivity index (χ1v) is 6.67. The van der Waals surface area contributed by atoms with E-state index in [2.05, 4.69) is 0 Å². The number of nitrogens with zero attached hydrogens (tertiary/aromatic N) is 1. The molecule has 0 saturated heterocycles.